The van der Waals surface area contributed by atoms with Crippen molar-refractivity contribution < 1.29 is 4.79 Å². The van der Waals surface area contributed by atoms with Gasteiger partial charge in [-0.25, -0.2) is 0 Å². The Morgan fingerprint density at radius 2 is 1.67 bits per heavy atom. The first-order valence-electron chi connectivity index (χ1n) is 7.84. The molecule has 0 aliphatic carbocycles. The van der Waals surface area contributed by atoms with Gasteiger partial charge in [0.2, 0.25) is 0 Å². The van der Waals surface area contributed by atoms with Gasteiger partial charge in [-0.05, 0) is 69.6 Å². The van der Waals surface area contributed by atoms with E-state index in [2.05, 4.69) is 52.4 Å². The summed E-state index contributed by atoms with van der Waals surface area (Å²) in [5.74, 6) is 0.160. The third-order valence-electron chi connectivity index (χ3n) is 3.51. The van der Waals surface area contributed by atoms with E-state index in [9.17, 15) is 4.79 Å². The highest BCUT2D eigenvalue weighted by atomic mass is 127. The van der Waals surface area contributed by atoms with Crippen molar-refractivity contribution in [3.8, 4) is 0 Å². The quantitative estimate of drug-likeness (QED) is 0.329. The molecule has 0 saturated heterocycles. The Kier molecular flexibility index (Phi) is 9.56. The van der Waals surface area contributed by atoms with E-state index in [0.717, 1.165) is 39.5 Å². The summed E-state index contributed by atoms with van der Waals surface area (Å²) in [6.45, 7) is 6.13. The van der Waals surface area contributed by atoms with Crippen molar-refractivity contribution in [1.82, 2.24) is 4.90 Å². The van der Waals surface area contributed by atoms with Crippen LogP contribution >= 0.6 is 38.5 Å². The van der Waals surface area contributed by atoms with Crippen molar-refractivity contribution in [3.05, 3.63) is 31.8 Å². The summed E-state index contributed by atoms with van der Waals surface area (Å²) in [7, 11) is 0. The Morgan fingerprint density at radius 3 is 2.19 bits per heavy atom. The molecule has 21 heavy (non-hydrogen) atoms. The Hall–Kier alpha value is -0.100. The molecular weight excluding hydrogens is 441 g/mol. The molecule has 4 heteroatoms. The summed E-state index contributed by atoms with van der Waals surface area (Å²) >= 11 is 5.77. The summed E-state index contributed by atoms with van der Waals surface area (Å²) in [6, 6.07) is 5.95. The second-order valence-electron chi connectivity index (χ2n) is 5.33. The van der Waals surface area contributed by atoms with Gasteiger partial charge in [-0.3, -0.25) is 4.79 Å². The van der Waals surface area contributed by atoms with Crippen LogP contribution in [0.25, 0.3) is 0 Å². The molecule has 0 aliphatic rings. The van der Waals surface area contributed by atoms with Crippen LogP contribution in [-0.4, -0.2) is 23.9 Å². The van der Waals surface area contributed by atoms with Gasteiger partial charge in [-0.2, -0.15) is 0 Å². The maximum atomic E-state index is 12.8. The van der Waals surface area contributed by atoms with Crippen LogP contribution in [0.15, 0.2) is 22.7 Å². The lowest BCUT2D eigenvalue weighted by Gasteiger charge is -2.23. The van der Waals surface area contributed by atoms with E-state index in [4.69, 9.17) is 0 Å². The standard InChI is InChI=1S/C17H25BrINO/c1-3-5-7-11-20(12-8-6-4-2)17(21)15-13-14(19)9-10-16(15)18/h9-10,13H,3-8,11-12H2,1-2H3. The minimum absolute atomic E-state index is 0.160. The molecule has 0 fully saturated rings. The molecule has 0 aliphatic heterocycles. The fraction of sp³-hybridized carbons (Fsp3) is 0.588. The van der Waals surface area contributed by atoms with Gasteiger partial charge in [-0.15, -0.1) is 0 Å². The molecule has 1 aromatic carbocycles. The molecule has 1 rings (SSSR count). The van der Waals surface area contributed by atoms with Crippen molar-refractivity contribution in [3.63, 3.8) is 0 Å². The number of halogens is 2. The first-order chi connectivity index (χ1) is 10.1. The minimum Gasteiger partial charge on any atom is -0.339 e. The zero-order chi connectivity index (χ0) is 15.7. The molecule has 0 heterocycles. The Labute approximate surface area is 150 Å². The van der Waals surface area contributed by atoms with Gasteiger partial charge in [0.05, 0.1) is 5.56 Å². The van der Waals surface area contributed by atoms with Crippen LogP contribution in [0.1, 0.15) is 62.7 Å². The van der Waals surface area contributed by atoms with Crippen LogP contribution in [0.4, 0.5) is 0 Å². The molecular formula is C17H25BrINO. The number of hydrogen-bond acceptors (Lipinski definition) is 1. The van der Waals surface area contributed by atoms with Crippen molar-refractivity contribution >= 4 is 44.4 Å². The summed E-state index contributed by atoms with van der Waals surface area (Å²) in [5.41, 5.74) is 0.787. The van der Waals surface area contributed by atoms with Gasteiger partial charge >= 0.3 is 0 Å². The molecule has 118 valence electrons. The van der Waals surface area contributed by atoms with E-state index >= 15 is 0 Å². The van der Waals surface area contributed by atoms with Gasteiger partial charge in [-0.1, -0.05) is 39.5 Å². The smallest absolute Gasteiger partial charge is 0.255 e. The van der Waals surface area contributed by atoms with E-state index in [1.54, 1.807) is 0 Å². The maximum Gasteiger partial charge on any atom is 0.255 e. The van der Waals surface area contributed by atoms with Gasteiger partial charge in [0.25, 0.3) is 5.91 Å². The van der Waals surface area contributed by atoms with Crippen LogP contribution in [0.2, 0.25) is 0 Å². The van der Waals surface area contributed by atoms with E-state index in [1.807, 2.05) is 23.1 Å². The first-order valence-corrected chi connectivity index (χ1v) is 9.71. The lowest BCUT2D eigenvalue weighted by Crippen LogP contribution is -2.33. The van der Waals surface area contributed by atoms with Crippen LogP contribution in [0, 0.1) is 3.57 Å². The number of unbranched alkanes of at least 4 members (excludes halogenated alkanes) is 4. The molecule has 2 nitrogen and oxygen atoms in total. The van der Waals surface area contributed by atoms with Crippen LogP contribution in [0.5, 0.6) is 0 Å². The number of carbonyl (C=O) groups excluding carboxylic acids is 1. The number of carbonyl (C=O) groups is 1. The number of rotatable bonds is 9. The van der Waals surface area contributed by atoms with Crippen molar-refractivity contribution in [2.24, 2.45) is 0 Å². The second kappa shape index (κ2) is 10.6. The number of nitrogens with zero attached hydrogens (tertiary/aromatic N) is 1. The summed E-state index contributed by atoms with van der Waals surface area (Å²) in [5, 5.41) is 0. The van der Waals surface area contributed by atoms with Gasteiger partial charge in [0, 0.05) is 21.1 Å². The monoisotopic (exact) mass is 465 g/mol. The van der Waals surface area contributed by atoms with Gasteiger partial charge < -0.3 is 4.90 Å². The number of amides is 1. The molecule has 0 aromatic heterocycles. The number of benzene rings is 1. The molecule has 0 radical (unpaired) electrons. The van der Waals surface area contributed by atoms with Crippen molar-refractivity contribution in [2.75, 3.05) is 13.1 Å². The topological polar surface area (TPSA) is 20.3 Å². The largest absolute Gasteiger partial charge is 0.339 e. The van der Waals surface area contributed by atoms with E-state index < -0.39 is 0 Å². The summed E-state index contributed by atoms with van der Waals surface area (Å²) < 4.78 is 1.99. The fourth-order valence-corrected chi connectivity index (χ4v) is 3.16. The predicted molar refractivity (Wildman–Crippen MR) is 102 cm³/mol. The summed E-state index contributed by atoms with van der Waals surface area (Å²) in [4.78, 5) is 14.8. The third-order valence-corrected chi connectivity index (χ3v) is 4.87. The average molecular weight is 466 g/mol. The normalized spacial score (nSPS) is 10.7. The van der Waals surface area contributed by atoms with E-state index in [1.165, 1.54) is 25.7 Å². The molecule has 1 aromatic rings. The Balaban J connectivity index is 2.79. The van der Waals surface area contributed by atoms with Gasteiger partial charge in [0.1, 0.15) is 0 Å². The summed E-state index contributed by atoms with van der Waals surface area (Å²) in [6.07, 6.45) is 6.93. The predicted octanol–water partition coefficient (Wildman–Crippen LogP) is 5.88. The lowest BCUT2D eigenvalue weighted by atomic mass is 10.1. The maximum absolute atomic E-state index is 12.8. The molecule has 1 amide bonds. The molecule has 0 atom stereocenters. The molecule has 0 spiro atoms. The van der Waals surface area contributed by atoms with Crippen molar-refractivity contribution in [1.29, 1.82) is 0 Å². The minimum atomic E-state index is 0.160. The molecule has 0 bridgehead atoms. The van der Waals surface area contributed by atoms with E-state index in [0.29, 0.717) is 0 Å². The molecule has 0 unspecified atom stereocenters. The SMILES string of the molecule is CCCCCN(CCCCC)C(=O)c1cc(I)ccc1Br. The van der Waals surface area contributed by atoms with Crippen LogP contribution in [0.3, 0.4) is 0 Å². The average Bonchev–Trinajstić information content (AvgIpc) is 2.48. The zero-order valence-corrected chi connectivity index (χ0v) is 16.7. The Bertz CT molecular complexity index is 440. The second-order valence-corrected chi connectivity index (χ2v) is 7.43. The molecule has 0 saturated carbocycles. The Morgan fingerprint density at radius 1 is 1.10 bits per heavy atom. The number of hydrogen-bond donors (Lipinski definition) is 0. The highest BCUT2D eigenvalue weighted by Gasteiger charge is 2.17. The van der Waals surface area contributed by atoms with Crippen LogP contribution < -0.4 is 0 Å². The highest BCUT2D eigenvalue weighted by Crippen LogP contribution is 2.21. The highest BCUT2D eigenvalue weighted by molar-refractivity contribution is 14.1. The van der Waals surface area contributed by atoms with Crippen molar-refractivity contribution in [2.45, 2.75) is 52.4 Å². The van der Waals surface area contributed by atoms with E-state index in [-0.39, 0.29) is 5.91 Å². The lowest BCUT2D eigenvalue weighted by molar-refractivity contribution is 0.0748. The third kappa shape index (κ3) is 6.68. The molecule has 0 N–H and O–H groups in total. The van der Waals surface area contributed by atoms with Gasteiger partial charge in [0.15, 0.2) is 0 Å². The zero-order valence-electron chi connectivity index (χ0n) is 13.0. The first kappa shape index (κ1) is 18.9. The fourth-order valence-electron chi connectivity index (χ4n) is 2.25. The van der Waals surface area contributed by atoms with Crippen LogP contribution in [-0.2, 0) is 0 Å².